The van der Waals surface area contributed by atoms with Crippen LogP contribution in [-0.2, 0) is 9.53 Å². The molecule has 92 valence electrons. The first-order valence-corrected chi connectivity index (χ1v) is 5.10. The minimum atomic E-state index is -1.36. The van der Waals surface area contributed by atoms with Gasteiger partial charge in [0.1, 0.15) is 5.76 Å². The fourth-order valence-corrected chi connectivity index (χ4v) is 1.64. The maximum atomic E-state index is 11.8. The number of carboxylic acids is 1. The number of hydrogen-bond donors (Lipinski definition) is 2. The first-order valence-electron chi connectivity index (χ1n) is 5.10. The van der Waals surface area contributed by atoms with E-state index in [0.29, 0.717) is 12.4 Å². The van der Waals surface area contributed by atoms with Gasteiger partial charge in [-0.2, -0.15) is 0 Å². The zero-order chi connectivity index (χ0) is 12.5. The van der Waals surface area contributed by atoms with Crippen LogP contribution in [0.4, 0.5) is 0 Å². The van der Waals surface area contributed by atoms with Crippen molar-refractivity contribution in [2.24, 2.45) is 0 Å². The molecule has 1 amide bonds. The monoisotopic (exact) mass is 240 g/mol. The van der Waals surface area contributed by atoms with Crippen LogP contribution >= 0.6 is 0 Å². The normalized spacial score (nSPS) is 23.6. The fourth-order valence-electron chi connectivity index (χ4n) is 1.64. The lowest BCUT2D eigenvalue weighted by Gasteiger charge is -2.22. The van der Waals surface area contributed by atoms with Gasteiger partial charge in [0.2, 0.25) is 0 Å². The number of hydrogen-bond acceptors (Lipinski definition) is 5. The van der Waals surface area contributed by atoms with Crippen LogP contribution in [0.3, 0.4) is 0 Å². The summed E-state index contributed by atoms with van der Waals surface area (Å²) in [4.78, 5) is 22.9. The van der Waals surface area contributed by atoms with Crippen LogP contribution in [0.15, 0.2) is 10.6 Å². The first kappa shape index (κ1) is 11.6. The van der Waals surface area contributed by atoms with Crippen molar-refractivity contribution >= 4 is 11.9 Å². The Balaban J connectivity index is 2.14. The van der Waals surface area contributed by atoms with E-state index in [-0.39, 0.29) is 18.7 Å². The summed E-state index contributed by atoms with van der Waals surface area (Å²) in [6.07, 6.45) is 0.241. The molecule has 0 saturated carbocycles. The summed E-state index contributed by atoms with van der Waals surface area (Å²) in [6, 6.07) is 1.45. The van der Waals surface area contributed by atoms with Crippen molar-refractivity contribution in [3.63, 3.8) is 0 Å². The summed E-state index contributed by atoms with van der Waals surface area (Å²) < 4.78 is 9.78. The molecule has 1 fully saturated rings. The highest BCUT2D eigenvalue weighted by Crippen LogP contribution is 2.19. The zero-order valence-electron chi connectivity index (χ0n) is 9.23. The van der Waals surface area contributed by atoms with Gasteiger partial charge in [0.15, 0.2) is 11.2 Å². The third-order valence-electron chi connectivity index (χ3n) is 2.64. The molecule has 1 aliphatic rings. The molecule has 1 aliphatic heterocycles. The van der Waals surface area contributed by atoms with Gasteiger partial charge in [-0.15, -0.1) is 0 Å². The number of ether oxygens (including phenoxy) is 1. The van der Waals surface area contributed by atoms with Crippen molar-refractivity contribution in [2.45, 2.75) is 18.9 Å². The largest absolute Gasteiger partial charge is 0.479 e. The Morgan fingerprint density at radius 3 is 2.82 bits per heavy atom. The number of carbonyl (C=O) groups excluding carboxylic acids is 1. The molecule has 0 aromatic carbocycles. The van der Waals surface area contributed by atoms with Gasteiger partial charge >= 0.3 is 5.97 Å². The van der Waals surface area contributed by atoms with Crippen molar-refractivity contribution in [1.82, 2.24) is 10.5 Å². The molecule has 1 unspecified atom stereocenters. The number of rotatable bonds is 3. The number of nitrogens with one attached hydrogen (secondary N) is 1. The van der Waals surface area contributed by atoms with Crippen LogP contribution in [0.2, 0.25) is 0 Å². The van der Waals surface area contributed by atoms with E-state index < -0.39 is 17.4 Å². The Hall–Kier alpha value is -1.89. The summed E-state index contributed by atoms with van der Waals surface area (Å²) in [5.41, 5.74) is -1.29. The molecule has 2 rings (SSSR count). The Bertz CT molecular complexity index is 447. The second-order valence-corrected chi connectivity index (χ2v) is 3.97. The Morgan fingerprint density at radius 2 is 2.35 bits per heavy atom. The molecule has 0 bridgehead atoms. The van der Waals surface area contributed by atoms with Crippen LogP contribution < -0.4 is 5.32 Å². The van der Waals surface area contributed by atoms with E-state index in [1.807, 2.05) is 0 Å². The Labute approximate surface area is 96.7 Å². The molecule has 7 nitrogen and oxygen atoms in total. The summed E-state index contributed by atoms with van der Waals surface area (Å²) in [5.74, 6) is -1.19. The molecule has 17 heavy (non-hydrogen) atoms. The molecular weight excluding hydrogens is 228 g/mol. The predicted molar refractivity (Wildman–Crippen MR) is 54.5 cm³/mol. The van der Waals surface area contributed by atoms with Crippen molar-refractivity contribution in [1.29, 1.82) is 0 Å². The lowest BCUT2D eigenvalue weighted by molar-refractivity contribution is -0.144. The SMILES string of the molecule is Cc1cc(C(=O)NC2(C(=O)O)CCOC2)no1. The maximum absolute atomic E-state index is 11.8. The Morgan fingerprint density at radius 1 is 1.59 bits per heavy atom. The van der Waals surface area contributed by atoms with Crippen LogP contribution in [0.5, 0.6) is 0 Å². The molecular formula is C10H12N2O5. The number of carboxylic acid groups (broad SMARTS) is 1. The van der Waals surface area contributed by atoms with Gasteiger partial charge in [-0.3, -0.25) is 4.79 Å². The summed E-state index contributed by atoms with van der Waals surface area (Å²) in [5, 5.41) is 15.1. The predicted octanol–water partition coefficient (Wildman–Crippen LogP) is -0.0435. The second kappa shape index (κ2) is 4.17. The average Bonchev–Trinajstić information content (AvgIpc) is 2.87. The van der Waals surface area contributed by atoms with E-state index in [9.17, 15) is 9.59 Å². The second-order valence-electron chi connectivity index (χ2n) is 3.97. The smallest absolute Gasteiger partial charge is 0.331 e. The highest BCUT2D eigenvalue weighted by molar-refractivity contribution is 5.96. The van der Waals surface area contributed by atoms with Crippen molar-refractivity contribution in [3.8, 4) is 0 Å². The third-order valence-corrected chi connectivity index (χ3v) is 2.64. The molecule has 1 atom stereocenters. The highest BCUT2D eigenvalue weighted by atomic mass is 16.5. The van der Waals surface area contributed by atoms with E-state index in [4.69, 9.17) is 14.4 Å². The van der Waals surface area contributed by atoms with E-state index >= 15 is 0 Å². The fraction of sp³-hybridized carbons (Fsp3) is 0.500. The van der Waals surface area contributed by atoms with Crippen molar-refractivity contribution < 1.29 is 24.0 Å². The topological polar surface area (TPSA) is 102 Å². The molecule has 2 heterocycles. The summed E-state index contributed by atoms with van der Waals surface area (Å²) in [6.45, 7) is 1.92. The molecule has 1 aromatic rings. The highest BCUT2D eigenvalue weighted by Gasteiger charge is 2.44. The minimum absolute atomic E-state index is 0.0368. The average molecular weight is 240 g/mol. The number of carbonyl (C=O) groups is 2. The number of amides is 1. The quantitative estimate of drug-likeness (QED) is 0.768. The van der Waals surface area contributed by atoms with Crippen LogP contribution in [0, 0.1) is 6.92 Å². The van der Waals surface area contributed by atoms with Crippen molar-refractivity contribution in [3.05, 3.63) is 17.5 Å². The number of aromatic nitrogens is 1. The van der Waals surface area contributed by atoms with E-state index in [0.717, 1.165) is 0 Å². The third kappa shape index (κ3) is 2.14. The van der Waals surface area contributed by atoms with Gasteiger partial charge in [-0.05, 0) is 6.92 Å². The molecule has 7 heteroatoms. The summed E-state index contributed by atoms with van der Waals surface area (Å²) in [7, 11) is 0. The van der Waals surface area contributed by atoms with E-state index in [1.54, 1.807) is 6.92 Å². The molecule has 1 aromatic heterocycles. The van der Waals surface area contributed by atoms with Crippen LogP contribution in [0.1, 0.15) is 22.7 Å². The van der Waals surface area contributed by atoms with E-state index in [1.165, 1.54) is 6.07 Å². The Kier molecular flexibility index (Phi) is 2.84. The number of nitrogens with zero attached hydrogens (tertiary/aromatic N) is 1. The van der Waals surface area contributed by atoms with Crippen LogP contribution in [-0.4, -0.2) is 40.9 Å². The van der Waals surface area contributed by atoms with Gasteiger partial charge in [-0.25, -0.2) is 4.79 Å². The summed E-state index contributed by atoms with van der Waals surface area (Å²) >= 11 is 0. The van der Waals surface area contributed by atoms with Gasteiger partial charge in [0.05, 0.1) is 6.61 Å². The van der Waals surface area contributed by atoms with Gasteiger partial charge in [-0.1, -0.05) is 5.16 Å². The minimum Gasteiger partial charge on any atom is -0.479 e. The standard InChI is InChI=1S/C10H12N2O5/c1-6-4-7(12-17-6)8(13)11-10(9(14)15)2-3-16-5-10/h4H,2-3,5H2,1H3,(H,11,13)(H,14,15). The zero-order valence-corrected chi connectivity index (χ0v) is 9.23. The van der Waals surface area contributed by atoms with Gasteiger partial charge in [0.25, 0.3) is 5.91 Å². The van der Waals surface area contributed by atoms with Gasteiger partial charge < -0.3 is 19.7 Å². The molecule has 0 aliphatic carbocycles. The molecule has 1 saturated heterocycles. The van der Waals surface area contributed by atoms with Gasteiger partial charge in [0, 0.05) is 19.1 Å². The molecule has 0 radical (unpaired) electrons. The number of aliphatic carboxylic acids is 1. The van der Waals surface area contributed by atoms with E-state index in [2.05, 4.69) is 10.5 Å². The maximum Gasteiger partial charge on any atom is 0.331 e. The lowest BCUT2D eigenvalue weighted by Crippen LogP contribution is -2.55. The molecule has 2 N–H and O–H groups in total. The first-order chi connectivity index (χ1) is 8.03. The lowest BCUT2D eigenvalue weighted by atomic mass is 9.99. The number of aryl methyl sites for hydroxylation is 1. The molecule has 0 spiro atoms. The van der Waals surface area contributed by atoms with Crippen molar-refractivity contribution in [2.75, 3.05) is 13.2 Å². The van der Waals surface area contributed by atoms with Crippen LogP contribution in [0.25, 0.3) is 0 Å².